The largest absolute Gasteiger partial charge is 0.486 e. The number of ether oxygens (including phenoxy) is 2. The van der Waals surface area contributed by atoms with E-state index in [1.54, 1.807) is 24.3 Å². The lowest BCUT2D eigenvalue weighted by atomic mass is 10.1. The first-order chi connectivity index (χ1) is 12.0. The fourth-order valence-corrected chi connectivity index (χ4v) is 3.78. The predicted octanol–water partition coefficient (Wildman–Crippen LogP) is 3.07. The highest BCUT2D eigenvalue weighted by atomic mass is 32.2. The second-order valence-corrected chi connectivity index (χ2v) is 7.91. The molecule has 3 rings (SSSR count). The van der Waals surface area contributed by atoms with E-state index in [1.165, 1.54) is 5.56 Å². The van der Waals surface area contributed by atoms with E-state index >= 15 is 0 Å². The average molecular weight is 361 g/mol. The molecule has 1 N–H and O–H groups in total. The number of nitrogens with one attached hydrogen (secondary N) is 1. The lowest BCUT2D eigenvalue weighted by molar-refractivity contribution is 0.171. The summed E-state index contributed by atoms with van der Waals surface area (Å²) in [5, 5.41) is 0. The molecule has 0 radical (unpaired) electrons. The first kappa shape index (κ1) is 17.8. The molecule has 0 aromatic heterocycles. The monoisotopic (exact) mass is 361 g/mol. The zero-order valence-electron chi connectivity index (χ0n) is 14.3. The second-order valence-electron chi connectivity index (χ2n) is 6.15. The molecule has 134 valence electrons. The Kier molecular flexibility index (Phi) is 5.60. The summed E-state index contributed by atoms with van der Waals surface area (Å²) in [6.07, 6.45) is 2.55. The van der Waals surface area contributed by atoms with Gasteiger partial charge in [0.1, 0.15) is 13.2 Å². The molecular formula is C19H23NO4S. The van der Waals surface area contributed by atoms with Gasteiger partial charge in [-0.25, -0.2) is 13.1 Å². The maximum Gasteiger partial charge on any atom is 0.240 e. The van der Waals surface area contributed by atoms with Gasteiger partial charge in [-0.3, -0.25) is 0 Å². The third kappa shape index (κ3) is 4.74. The van der Waals surface area contributed by atoms with E-state index in [1.807, 2.05) is 25.1 Å². The standard InChI is InChI=1S/C19H23NO4S/c1-15-5-8-17(9-6-15)25(21,22)20-11-3-2-4-16-7-10-18-19(14-16)24-13-12-23-18/h5-10,14,20H,2-4,11-13H2,1H3. The van der Waals surface area contributed by atoms with Crippen molar-refractivity contribution in [3.05, 3.63) is 53.6 Å². The van der Waals surface area contributed by atoms with Crippen molar-refractivity contribution < 1.29 is 17.9 Å². The molecule has 0 saturated carbocycles. The lowest BCUT2D eigenvalue weighted by Gasteiger charge is -2.18. The molecular weight excluding hydrogens is 338 g/mol. The van der Waals surface area contributed by atoms with Gasteiger partial charge in [0.2, 0.25) is 10.0 Å². The van der Waals surface area contributed by atoms with Crippen LogP contribution in [-0.4, -0.2) is 28.2 Å². The quantitative estimate of drug-likeness (QED) is 0.770. The number of fused-ring (bicyclic) bond motifs is 1. The number of unbranched alkanes of at least 4 members (excludes halogenated alkanes) is 1. The van der Waals surface area contributed by atoms with Crippen molar-refractivity contribution in [3.8, 4) is 11.5 Å². The molecule has 2 aromatic rings. The number of hydrogen-bond acceptors (Lipinski definition) is 4. The normalized spacial score (nSPS) is 13.6. The minimum absolute atomic E-state index is 0.310. The summed E-state index contributed by atoms with van der Waals surface area (Å²) in [4.78, 5) is 0.310. The van der Waals surface area contributed by atoms with Crippen LogP contribution < -0.4 is 14.2 Å². The van der Waals surface area contributed by atoms with E-state index in [4.69, 9.17) is 9.47 Å². The van der Waals surface area contributed by atoms with Gasteiger partial charge in [0.15, 0.2) is 11.5 Å². The highest BCUT2D eigenvalue weighted by Gasteiger charge is 2.13. The first-order valence-corrected chi connectivity index (χ1v) is 9.98. The molecule has 0 spiro atoms. The van der Waals surface area contributed by atoms with Crippen LogP contribution in [0.15, 0.2) is 47.4 Å². The number of sulfonamides is 1. The molecule has 0 fully saturated rings. The van der Waals surface area contributed by atoms with Gasteiger partial charge in [0.05, 0.1) is 4.90 Å². The van der Waals surface area contributed by atoms with Crippen molar-refractivity contribution >= 4 is 10.0 Å². The summed E-state index contributed by atoms with van der Waals surface area (Å²) in [7, 11) is -3.42. The van der Waals surface area contributed by atoms with Crippen LogP contribution in [0.2, 0.25) is 0 Å². The van der Waals surface area contributed by atoms with Gasteiger partial charge in [-0.1, -0.05) is 23.8 Å². The van der Waals surface area contributed by atoms with Crippen LogP contribution in [0.3, 0.4) is 0 Å². The minimum Gasteiger partial charge on any atom is -0.486 e. The highest BCUT2D eigenvalue weighted by Crippen LogP contribution is 2.31. The van der Waals surface area contributed by atoms with Crippen LogP contribution >= 0.6 is 0 Å². The second kappa shape index (κ2) is 7.89. The van der Waals surface area contributed by atoms with E-state index in [9.17, 15) is 8.42 Å². The molecule has 0 amide bonds. The molecule has 0 aliphatic carbocycles. The number of aryl methyl sites for hydroxylation is 2. The zero-order valence-corrected chi connectivity index (χ0v) is 15.1. The van der Waals surface area contributed by atoms with Crippen molar-refractivity contribution in [2.45, 2.75) is 31.1 Å². The Balaban J connectivity index is 1.45. The van der Waals surface area contributed by atoms with Gasteiger partial charge >= 0.3 is 0 Å². The predicted molar refractivity (Wildman–Crippen MR) is 96.7 cm³/mol. The molecule has 1 aliphatic heterocycles. The van der Waals surface area contributed by atoms with Crippen LogP contribution in [-0.2, 0) is 16.4 Å². The van der Waals surface area contributed by atoms with Gasteiger partial charge in [0, 0.05) is 6.54 Å². The molecule has 0 unspecified atom stereocenters. The molecule has 1 heterocycles. The van der Waals surface area contributed by atoms with Gasteiger partial charge < -0.3 is 9.47 Å². The molecule has 0 bridgehead atoms. The fraction of sp³-hybridized carbons (Fsp3) is 0.368. The summed E-state index contributed by atoms with van der Waals surface area (Å²) in [6, 6.07) is 12.8. The maximum atomic E-state index is 12.2. The average Bonchev–Trinajstić information content (AvgIpc) is 2.61. The SMILES string of the molecule is Cc1ccc(S(=O)(=O)NCCCCc2ccc3c(c2)OCCO3)cc1. The van der Waals surface area contributed by atoms with Crippen molar-refractivity contribution in [1.82, 2.24) is 4.72 Å². The Morgan fingerprint density at radius 2 is 1.68 bits per heavy atom. The summed E-state index contributed by atoms with van der Waals surface area (Å²) in [5.41, 5.74) is 2.21. The number of hydrogen-bond donors (Lipinski definition) is 1. The van der Waals surface area contributed by atoms with E-state index in [0.29, 0.717) is 24.7 Å². The third-order valence-corrected chi connectivity index (χ3v) is 5.60. The first-order valence-electron chi connectivity index (χ1n) is 8.49. The summed E-state index contributed by atoms with van der Waals surface area (Å²) < 4.78 is 38.1. The van der Waals surface area contributed by atoms with Crippen molar-refractivity contribution in [2.24, 2.45) is 0 Å². The zero-order chi connectivity index (χ0) is 17.7. The van der Waals surface area contributed by atoms with E-state index in [0.717, 1.165) is 36.3 Å². The topological polar surface area (TPSA) is 64.6 Å². The van der Waals surface area contributed by atoms with Crippen LogP contribution in [0.25, 0.3) is 0 Å². The Morgan fingerprint density at radius 3 is 2.44 bits per heavy atom. The van der Waals surface area contributed by atoms with Crippen LogP contribution in [0.5, 0.6) is 11.5 Å². The number of benzene rings is 2. The maximum absolute atomic E-state index is 12.2. The smallest absolute Gasteiger partial charge is 0.240 e. The van der Waals surface area contributed by atoms with Crippen LogP contribution in [0, 0.1) is 6.92 Å². The Hall–Kier alpha value is -2.05. The lowest BCUT2D eigenvalue weighted by Crippen LogP contribution is -2.24. The van der Waals surface area contributed by atoms with E-state index in [2.05, 4.69) is 4.72 Å². The van der Waals surface area contributed by atoms with Gasteiger partial charge in [-0.05, 0) is 56.0 Å². The molecule has 5 nitrogen and oxygen atoms in total. The number of rotatable bonds is 7. The third-order valence-electron chi connectivity index (χ3n) is 4.12. The molecule has 6 heteroatoms. The Labute approximate surface area is 149 Å². The fourth-order valence-electron chi connectivity index (χ4n) is 2.70. The van der Waals surface area contributed by atoms with Crippen LogP contribution in [0.1, 0.15) is 24.0 Å². The summed E-state index contributed by atoms with van der Waals surface area (Å²) in [6.45, 7) is 3.53. The van der Waals surface area contributed by atoms with Gasteiger partial charge in [-0.2, -0.15) is 0 Å². The van der Waals surface area contributed by atoms with Gasteiger partial charge in [0.25, 0.3) is 0 Å². The van der Waals surface area contributed by atoms with Gasteiger partial charge in [-0.15, -0.1) is 0 Å². The van der Waals surface area contributed by atoms with Crippen molar-refractivity contribution in [1.29, 1.82) is 0 Å². The highest BCUT2D eigenvalue weighted by molar-refractivity contribution is 7.89. The Morgan fingerprint density at radius 1 is 0.960 bits per heavy atom. The molecule has 0 saturated heterocycles. The van der Waals surface area contributed by atoms with E-state index in [-0.39, 0.29) is 0 Å². The van der Waals surface area contributed by atoms with Crippen LogP contribution in [0.4, 0.5) is 0 Å². The molecule has 2 aromatic carbocycles. The van der Waals surface area contributed by atoms with Crippen molar-refractivity contribution in [3.63, 3.8) is 0 Å². The molecule has 0 atom stereocenters. The van der Waals surface area contributed by atoms with E-state index < -0.39 is 10.0 Å². The molecule has 25 heavy (non-hydrogen) atoms. The summed E-state index contributed by atoms with van der Waals surface area (Å²) >= 11 is 0. The summed E-state index contributed by atoms with van der Waals surface area (Å²) in [5.74, 6) is 1.59. The Bertz CT molecular complexity index is 816. The molecule has 1 aliphatic rings. The van der Waals surface area contributed by atoms with Crippen molar-refractivity contribution in [2.75, 3.05) is 19.8 Å². The minimum atomic E-state index is -3.42.